The second kappa shape index (κ2) is 8.14. The summed E-state index contributed by atoms with van der Waals surface area (Å²) in [5, 5.41) is 12.4. The van der Waals surface area contributed by atoms with E-state index in [1.165, 1.54) is 6.07 Å². The number of ether oxygens (including phenoxy) is 1. The summed E-state index contributed by atoms with van der Waals surface area (Å²) in [4.78, 5) is 11.3. The molecule has 4 heterocycles. The van der Waals surface area contributed by atoms with Gasteiger partial charge in [-0.3, -0.25) is 4.40 Å². The van der Waals surface area contributed by atoms with E-state index in [0.717, 1.165) is 23.2 Å². The van der Waals surface area contributed by atoms with Crippen LogP contribution in [0.4, 0.5) is 24.7 Å². The van der Waals surface area contributed by atoms with Crippen LogP contribution in [0, 0.1) is 6.92 Å². The maximum atomic E-state index is 13.2. The molecule has 1 aliphatic rings. The lowest BCUT2D eigenvalue weighted by Crippen LogP contribution is -2.36. The van der Waals surface area contributed by atoms with E-state index >= 15 is 0 Å². The number of fused-ring (bicyclic) bond motifs is 3. The monoisotopic (exact) mass is 457 g/mol. The van der Waals surface area contributed by atoms with E-state index in [4.69, 9.17) is 4.74 Å². The molecule has 0 radical (unpaired) electrons. The predicted molar refractivity (Wildman–Crippen MR) is 117 cm³/mol. The Labute approximate surface area is 187 Å². The summed E-state index contributed by atoms with van der Waals surface area (Å²) < 4.78 is 46.9. The number of pyridine rings is 1. The Morgan fingerprint density at radius 3 is 2.64 bits per heavy atom. The summed E-state index contributed by atoms with van der Waals surface area (Å²) in [6.45, 7) is 6.22. The lowest BCUT2D eigenvalue weighted by molar-refractivity contribution is -0.137. The summed E-state index contributed by atoms with van der Waals surface area (Å²) in [5.41, 5.74) is 2.01. The minimum atomic E-state index is -4.40. The largest absolute Gasteiger partial charge is 0.416 e. The molecule has 0 bridgehead atoms. The van der Waals surface area contributed by atoms with E-state index in [1.54, 1.807) is 26.2 Å². The number of aromatic nitrogens is 5. The van der Waals surface area contributed by atoms with Crippen LogP contribution in [-0.2, 0) is 10.9 Å². The molecule has 8 nitrogen and oxygen atoms in total. The van der Waals surface area contributed by atoms with Crippen molar-refractivity contribution in [3.63, 3.8) is 0 Å². The van der Waals surface area contributed by atoms with Gasteiger partial charge < -0.3 is 15.0 Å². The molecule has 33 heavy (non-hydrogen) atoms. The van der Waals surface area contributed by atoms with Crippen LogP contribution in [-0.4, -0.2) is 50.9 Å². The summed E-state index contributed by atoms with van der Waals surface area (Å²) in [7, 11) is 0. The fourth-order valence-electron chi connectivity index (χ4n) is 4.07. The minimum absolute atomic E-state index is 0.423. The molecular weight excluding hydrogens is 435 g/mol. The van der Waals surface area contributed by atoms with E-state index < -0.39 is 17.8 Å². The first kappa shape index (κ1) is 21.4. The molecule has 1 aromatic carbocycles. The number of morpholine rings is 1. The Bertz CT molecular complexity index is 1310. The van der Waals surface area contributed by atoms with Crippen molar-refractivity contribution in [2.24, 2.45) is 0 Å². The molecule has 1 fully saturated rings. The average Bonchev–Trinajstić information content (AvgIpc) is 3.29. The first-order chi connectivity index (χ1) is 15.8. The number of hydrogen-bond acceptors (Lipinski definition) is 7. The molecule has 0 amide bonds. The summed E-state index contributed by atoms with van der Waals surface area (Å²) in [6, 6.07) is 6.85. The third kappa shape index (κ3) is 4.04. The van der Waals surface area contributed by atoms with Crippen LogP contribution >= 0.6 is 0 Å². The van der Waals surface area contributed by atoms with Crippen molar-refractivity contribution in [2.45, 2.75) is 26.1 Å². The smallest absolute Gasteiger partial charge is 0.378 e. The topological polar surface area (TPSA) is 80.5 Å². The molecule has 11 heteroatoms. The van der Waals surface area contributed by atoms with Gasteiger partial charge in [0.1, 0.15) is 18.0 Å². The zero-order chi connectivity index (χ0) is 23.2. The highest BCUT2D eigenvalue weighted by atomic mass is 19.4. The molecule has 3 aromatic heterocycles. The molecule has 172 valence electrons. The number of anilines is 2. The highest BCUT2D eigenvalue weighted by molar-refractivity contribution is 5.94. The molecule has 1 atom stereocenters. The third-order valence-electron chi connectivity index (χ3n) is 5.74. The summed E-state index contributed by atoms with van der Waals surface area (Å²) in [5.74, 6) is 1.06. The van der Waals surface area contributed by atoms with Gasteiger partial charge in [-0.05, 0) is 37.6 Å². The van der Waals surface area contributed by atoms with Gasteiger partial charge in [0.05, 0.1) is 29.9 Å². The molecule has 4 aromatic rings. The maximum Gasteiger partial charge on any atom is 0.416 e. The number of hydrogen-bond donors (Lipinski definition) is 1. The molecule has 1 N–H and O–H groups in total. The minimum Gasteiger partial charge on any atom is -0.378 e. The molecule has 0 spiro atoms. The normalized spacial score (nSPS) is 15.8. The van der Waals surface area contributed by atoms with Crippen LogP contribution < -0.4 is 10.2 Å². The van der Waals surface area contributed by atoms with E-state index in [0.29, 0.717) is 54.8 Å². The number of rotatable bonds is 4. The predicted octanol–water partition coefficient (Wildman–Crippen LogP) is 4.01. The highest BCUT2D eigenvalue weighted by Gasteiger charge is 2.31. The van der Waals surface area contributed by atoms with Gasteiger partial charge in [-0.2, -0.15) is 13.2 Å². The van der Waals surface area contributed by atoms with Crippen LogP contribution in [0.1, 0.15) is 29.9 Å². The Morgan fingerprint density at radius 2 is 1.88 bits per heavy atom. The maximum absolute atomic E-state index is 13.2. The number of benzene rings is 1. The van der Waals surface area contributed by atoms with Gasteiger partial charge >= 0.3 is 6.18 Å². The zero-order valence-electron chi connectivity index (χ0n) is 18.1. The van der Waals surface area contributed by atoms with Crippen LogP contribution in [0.15, 0.2) is 36.7 Å². The van der Waals surface area contributed by atoms with E-state index in [9.17, 15) is 13.2 Å². The molecule has 5 rings (SSSR count). The van der Waals surface area contributed by atoms with Crippen LogP contribution in [0.3, 0.4) is 0 Å². The van der Waals surface area contributed by atoms with Crippen molar-refractivity contribution in [2.75, 3.05) is 36.5 Å². The third-order valence-corrected chi connectivity index (χ3v) is 5.74. The summed E-state index contributed by atoms with van der Waals surface area (Å²) in [6.07, 6.45) is -2.80. The second-order valence-corrected chi connectivity index (χ2v) is 8.00. The van der Waals surface area contributed by atoms with Gasteiger partial charge in [0.25, 0.3) is 0 Å². The van der Waals surface area contributed by atoms with E-state index in [2.05, 4.69) is 30.4 Å². The molecule has 0 aliphatic carbocycles. The molecule has 0 unspecified atom stereocenters. The summed E-state index contributed by atoms with van der Waals surface area (Å²) >= 11 is 0. The Balaban J connectivity index is 1.59. The van der Waals surface area contributed by atoms with Crippen LogP contribution in [0.2, 0.25) is 0 Å². The lowest BCUT2D eigenvalue weighted by Gasteiger charge is -2.29. The second-order valence-electron chi connectivity index (χ2n) is 8.00. The van der Waals surface area contributed by atoms with Crippen molar-refractivity contribution >= 4 is 28.2 Å². The van der Waals surface area contributed by atoms with Gasteiger partial charge in [-0.15, -0.1) is 10.2 Å². The van der Waals surface area contributed by atoms with Crippen LogP contribution in [0.5, 0.6) is 0 Å². The van der Waals surface area contributed by atoms with Crippen LogP contribution in [0.25, 0.3) is 16.7 Å². The zero-order valence-corrected chi connectivity index (χ0v) is 18.1. The Kier molecular flexibility index (Phi) is 5.28. The number of alkyl halides is 3. The van der Waals surface area contributed by atoms with Crippen molar-refractivity contribution in [1.82, 2.24) is 24.6 Å². The van der Waals surface area contributed by atoms with Crippen molar-refractivity contribution in [3.8, 4) is 0 Å². The first-order valence-electron chi connectivity index (χ1n) is 10.6. The molecule has 1 saturated heterocycles. The number of nitrogens with zero attached hydrogens (tertiary/aromatic N) is 6. The molecule has 1 aliphatic heterocycles. The van der Waals surface area contributed by atoms with Gasteiger partial charge in [0, 0.05) is 19.1 Å². The molecular formula is C22H22F3N7O. The highest BCUT2D eigenvalue weighted by Crippen LogP contribution is 2.34. The van der Waals surface area contributed by atoms with Gasteiger partial charge in [0.15, 0.2) is 11.3 Å². The van der Waals surface area contributed by atoms with Gasteiger partial charge in [-0.25, -0.2) is 9.97 Å². The number of aryl methyl sites for hydroxylation is 1. The molecule has 0 saturated carbocycles. The van der Waals surface area contributed by atoms with Gasteiger partial charge in [0.2, 0.25) is 0 Å². The van der Waals surface area contributed by atoms with Crippen molar-refractivity contribution < 1.29 is 17.9 Å². The lowest BCUT2D eigenvalue weighted by atomic mass is 10.0. The van der Waals surface area contributed by atoms with Crippen molar-refractivity contribution in [3.05, 3.63) is 53.6 Å². The quantitative estimate of drug-likeness (QED) is 0.496. The number of nitrogens with one attached hydrogen (secondary N) is 1. The standard InChI is InChI=1S/C22H22F3N7O/c1-13(15-4-3-5-16(10-15)22(23,24)25)27-19-17-11-18(31-6-8-33-9-7-31)21-30-26-12-32(21)20(17)29-14(2)28-19/h3-5,10-13H,6-9H2,1-2H3,(H,27,28,29)/t13-/m1/s1. The fourth-order valence-corrected chi connectivity index (χ4v) is 4.07. The van der Waals surface area contributed by atoms with Crippen molar-refractivity contribution in [1.29, 1.82) is 0 Å². The Morgan fingerprint density at radius 1 is 1.09 bits per heavy atom. The Hall–Kier alpha value is -3.47. The first-order valence-corrected chi connectivity index (χ1v) is 10.6. The SMILES string of the molecule is Cc1nc(N[C@H](C)c2cccc(C(F)(F)F)c2)c2cc(N3CCOCC3)c3nncn3c2n1. The number of halogens is 3. The fraction of sp³-hybridized carbons (Fsp3) is 0.364. The van der Waals surface area contributed by atoms with Gasteiger partial charge in [-0.1, -0.05) is 12.1 Å². The van der Waals surface area contributed by atoms with E-state index in [1.807, 2.05) is 10.5 Å². The average molecular weight is 457 g/mol. The van der Waals surface area contributed by atoms with E-state index in [-0.39, 0.29) is 0 Å².